The molecule has 0 saturated carbocycles. The Hall–Kier alpha value is -1.35. The summed E-state index contributed by atoms with van der Waals surface area (Å²) in [6.45, 7) is 4.24. The molecule has 0 unspecified atom stereocenters. The maximum absolute atomic E-state index is 4.52. The topological polar surface area (TPSA) is 29.9 Å². The number of fused-ring (bicyclic) bond motifs is 1. The first-order valence-corrected chi connectivity index (χ1v) is 6.94. The molecule has 0 aliphatic rings. The van der Waals surface area contributed by atoms with E-state index in [1.165, 1.54) is 36.6 Å². The quantitative estimate of drug-likeness (QED) is 0.758. The number of aromatic nitrogens is 2. The van der Waals surface area contributed by atoms with Gasteiger partial charge in [0.2, 0.25) is 0 Å². The SMILES string of the molecule is CCCCCCn1cc(CNC)c2cccnc21. The Morgan fingerprint density at radius 1 is 1.28 bits per heavy atom. The van der Waals surface area contributed by atoms with Gasteiger partial charge in [0.1, 0.15) is 5.65 Å². The zero-order valence-electron chi connectivity index (χ0n) is 11.4. The summed E-state index contributed by atoms with van der Waals surface area (Å²) in [5.74, 6) is 0. The molecule has 0 aromatic carbocycles. The molecular weight excluding hydrogens is 222 g/mol. The summed E-state index contributed by atoms with van der Waals surface area (Å²) >= 11 is 0. The van der Waals surface area contributed by atoms with E-state index < -0.39 is 0 Å². The van der Waals surface area contributed by atoms with Crippen LogP contribution in [0.25, 0.3) is 11.0 Å². The van der Waals surface area contributed by atoms with Crippen molar-refractivity contribution in [2.24, 2.45) is 0 Å². The van der Waals surface area contributed by atoms with E-state index in [1.807, 2.05) is 19.3 Å². The molecule has 98 valence electrons. The molecule has 0 bridgehead atoms. The van der Waals surface area contributed by atoms with E-state index >= 15 is 0 Å². The molecule has 2 heterocycles. The fourth-order valence-electron chi connectivity index (χ4n) is 2.41. The van der Waals surface area contributed by atoms with Crippen LogP contribution >= 0.6 is 0 Å². The molecule has 0 radical (unpaired) electrons. The third-order valence-electron chi connectivity index (χ3n) is 3.34. The predicted molar refractivity (Wildman–Crippen MR) is 76.6 cm³/mol. The molecule has 0 fully saturated rings. The summed E-state index contributed by atoms with van der Waals surface area (Å²) in [4.78, 5) is 4.52. The second kappa shape index (κ2) is 6.55. The first kappa shape index (κ1) is 13.1. The van der Waals surface area contributed by atoms with E-state index in [9.17, 15) is 0 Å². The van der Waals surface area contributed by atoms with Gasteiger partial charge in [0.25, 0.3) is 0 Å². The van der Waals surface area contributed by atoms with Crippen molar-refractivity contribution >= 4 is 11.0 Å². The van der Waals surface area contributed by atoms with E-state index in [-0.39, 0.29) is 0 Å². The van der Waals surface area contributed by atoms with Crippen LogP contribution in [0.5, 0.6) is 0 Å². The monoisotopic (exact) mass is 245 g/mol. The molecular formula is C15H23N3. The fraction of sp³-hybridized carbons (Fsp3) is 0.533. The zero-order chi connectivity index (χ0) is 12.8. The van der Waals surface area contributed by atoms with Crippen molar-refractivity contribution in [3.63, 3.8) is 0 Å². The van der Waals surface area contributed by atoms with Crippen LogP contribution in [-0.2, 0) is 13.1 Å². The maximum Gasteiger partial charge on any atom is 0.140 e. The molecule has 0 atom stereocenters. The van der Waals surface area contributed by atoms with Gasteiger partial charge in [-0.3, -0.25) is 0 Å². The average molecular weight is 245 g/mol. The van der Waals surface area contributed by atoms with Crippen molar-refractivity contribution in [2.75, 3.05) is 7.05 Å². The molecule has 1 N–H and O–H groups in total. The lowest BCUT2D eigenvalue weighted by Gasteiger charge is -2.03. The highest BCUT2D eigenvalue weighted by molar-refractivity contribution is 5.80. The first-order chi connectivity index (χ1) is 8.86. The van der Waals surface area contributed by atoms with Gasteiger partial charge in [-0.15, -0.1) is 0 Å². The summed E-state index contributed by atoms with van der Waals surface area (Å²) in [6, 6.07) is 4.18. The zero-order valence-corrected chi connectivity index (χ0v) is 11.4. The lowest BCUT2D eigenvalue weighted by Crippen LogP contribution is -2.04. The van der Waals surface area contributed by atoms with Gasteiger partial charge in [0.15, 0.2) is 0 Å². The third kappa shape index (κ3) is 2.91. The van der Waals surface area contributed by atoms with Crippen LogP contribution in [0.1, 0.15) is 38.2 Å². The van der Waals surface area contributed by atoms with Gasteiger partial charge in [-0.1, -0.05) is 26.2 Å². The number of rotatable bonds is 7. The number of unbranched alkanes of at least 4 members (excludes halogenated alkanes) is 3. The highest BCUT2D eigenvalue weighted by Gasteiger charge is 2.07. The smallest absolute Gasteiger partial charge is 0.140 e. The normalized spacial score (nSPS) is 11.2. The summed E-state index contributed by atoms with van der Waals surface area (Å²) in [6.07, 6.45) is 9.30. The van der Waals surface area contributed by atoms with E-state index in [2.05, 4.69) is 34.1 Å². The second-order valence-electron chi connectivity index (χ2n) is 4.81. The van der Waals surface area contributed by atoms with Gasteiger partial charge in [-0.2, -0.15) is 0 Å². The number of aryl methyl sites for hydroxylation is 1. The minimum atomic E-state index is 0.907. The molecule has 18 heavy (non-hydrogen) atoms. The van der Waals surface area contributed by atoms with Crippen LogP contribution in [-0.4, -0.2) is 16.6 Å². The second-order valence-corrected chi connectivity index (χ2v) is 4.81. The Bertz CT molecular complexity index is 487. The third-order valence-corrected chi connectivity index (χ3v) is 3.34. The van der Waals surface area contributed by atoms with E-state index in [1.54, 1.807) is 0 Å². The van der Waals surface area contributed by atoms with E-state index in [0.717, 1.165) is 18.7 Å². The van der Waals surface area contributed by atoms with Gasteiger partial charge in [-0.25, -0.2) is 4.98 Å². The Morgan fingerprint density at radius 2 is 2.17 bits per heavy atom. The largest absolute Gasteiger partial charge is 0.332 e. The molecule has 2 rings (SSSR count). The standard InChI is InChI=1S/C15H23N3/c1-3-4-5-6-10-18-12-13(11-16-2)14-8-7-9-17-15(14)18/h7-9,12,16H,3-6,10-11H2,1-2H3. The van der Waals surface area contributed by atoms with E-state index in [0.29, 0.717) is 0 Å². The van der Waals surface area contributed by atoms with Gasteiger partial charge in [0, 0.05) is 30.9 Å². The first-order valence-electron chi connectivity index (χ1n) is 6.94. The van der Waals surface area contributed by atoms with Crippen molar-refractivity contribution in [2.45, 2.75) is 45.7 Å². The Kier molecular flexibility index (Phi) is 4.76. The highest BCUT2D eigenvalue weighted by Crippen LogP contribution is 2.20. The van der Waals surface area contributed by atoms with Gasteiger partial charge in [-0.05, 0) is 31.2 Å². The van der Waals surface area contributed by atoms with Crippen LogP contribution in [0.3, 0.4) is 0 Å². The minimum Gasteiger partial charge on any atom is -0.332 e. The number of hydrogen-bond donors (Lipinski definition) is 1. The molecule has 3 nitrogen and oxygen atoms in total. The highest BCUT2D eigenvalue weighted by atomic mass is 15.0. The van der Waals surface area contributed by atoms with Crippen molar-refractivity contribution < 1.29 is 0 Å². The van der Waals surface area contributed by atoms with Crippen LogP contribution in [0.2, 0.25) is 0 Å². The molecule has 2 aromatic heterocycles. The van der Waals surface area contributed by atoms with Gasteiger partial charge in [0.05, 0.1) is 0 Å². The lowest BCUT2D eigenvalue weighted by atomic mass is 10.2. The number of nitrogens with one attached hydrogen (secondary N) is 1. The molecule has 2 aromatic rings. The lowest BCUT2D eigenvalue weighted by molar-refractivity contribution is 0.590. The molecule has 0 spiro atoms. The van der Waals surface area contributed by atoms with Crippen LogP contribution in [0, 0.1) is 0 Å². The number of pyridine rings is 1. The number of nitrogens with zero attached hydrogens (tertiary/aromatic N) is 2. The Morgan fingerprint density at radius 3 is 2.94 bits per heavy atom. The summed E-state index contributed by atoms with van der Waals surface area (Å²) in [5.41, 5.74) is 2.47. The number of hydrogen-bond acceptors (Lipinski definition) is 2. The average Bonchev–Trinajstić information content (AvgIpc) is 2.74. The fourth-order valence-corrected chi connectivity index (χ4v) is 2.41. The Balaban J connectivity index is 2.16. The summed E-state index contributed by atoms with van der Waals surface area (Å²) in [7, 11) is 1.99. The van der Waals surface area contributed by atoms with Gasteiger partial charge >= 0.3 is 0 Å². The van der Waals surface area contributed by atoms with Crippen molar-refractivity contribution in [3.8, 4) is 0 Å². The van der Waals surface area contributed by atoms with Crippen molar-refractivity contribution in [3.05, 3.63) is 30.1 Å². The Labute approximate surface area is 109 Å². The van der Waals surface area contributed by atoms with Crippen molar-refractivity contribution in [1.29, 1.82) is 0 Å². The van der Waals surface area contributed by atoms with Gasteiger partial charge < -0.3 is 9.88 Å². The van der Waals surface area contributed by atoms with Crippen molar-refractivity contribution in [1.82, 2.24) is 14.9 Å². The molecule has 0 aliphatic heterocycles. The minimum absolute atomic E-state index is 0.907. The summed E-state index contributed by atoms with van der Waals surface area (Å²) in [5, 5.41) is 4.50. The van der Waals surface area contributed by atoms with E-state index in [4.69, 9.17) is 0 Å². The van der Waals surface area contributed by atoms with Crippen LogP contribution < -0.4 is 5.32 Å². The maximum atomic E-state index is 4.52. The molecule has 3 heteroatoms. The van der Waals surface area contributed by atoms with Crippen LogP contribution in [0.4, 0.5) is 0 Å². The molecule has 0 aliphatic carbocycles. The predicted octanol–water partition coefficient (Wildman–Crippen LogP) is 3.34. The summed E-state index contributed by atoms with van der Waals surface area (Å²) < 4.78 is 2.30. The van der Waals surface area contributed by atoms with Crippen LogP contribution in [0.15, 0.2) is 24.5 Å². The molecule has 0 amide bonds. The molecule has 0 saturated heterocycles.